The molecular weight excluding hydrogens is 524 g/mol. The first-order valence-corrected chi connectivity index (χ1v) is 14.9. The molecule has 2 aliphatic rings. The monoisotopic (exact) mass is 562 g/mol. The topological polar surface area (TPSA) is 132 Å². The van der Waals surface area contributed by atoms with Crippen LogP contribution in [0.25, 0.3) is 0 Å². The predicted molar refractivity (Wildman–Crippen MR) is 144 cm³/mol. The van der Waals surface area contributed by atoms with E-state index in [1.807, 2.05) is 30.3 Å². The maximum atomic E-state index is 13.4. The molecule has 0 aromatic heterocycles. The third kappa shape index (κ3) is 8.64. The summed E-state index contributed by atoms with van der Waals surface area (Å²) in [6, 6.07) is 14.4. The number of hydrogen-bond donors (Lipinski definition) is 3. The lowest BCUT2D eigenvalue weighted by Crippen LogP contribution is -2.57. The van der Waals surface area contributed by atoms with Crippen LogP contribution in [0, 0.1) is 0 Å². The van der Waals surface area contributed by atoms with E-state index in [9.17, 15) is 18.3 Å². The molecule has 1 saturated heterocycles. The first kappa shape index (κ1) is 29.3. The zero-order valence-corrected chi connectivity index (χ0v) is 23.0. The summed E-state index contributed by atoms with van der Waals surface area (Å²) in [4.78, 5) is 12.8. The van der Waals surface area contributed by atoms with E-state index in [1.165, 1.54) is 19.2 Å². The van der Waals surface area contributed by atoms with Gasteiger partial charge in [0.1, 0.15) is 24.2 Å². The van der Waals surface area contributed by atoms with E-state index in [0.29, 0.717) is 25.4 Å². The predicted octanol–water partition coefficient (Wildman–Crippen LogP) is 3.14. The van der Waals surface area contributed by atoms with Crippen LogP contribution in [0.15, 0.2) is 59.5 Å². The van der Waals surface area contributed by atoms with Crippen molar-refractivity contribution in [1.82, 2.24) is 10.0 Å². The number of aliphatic hydroxyl groups excluding tert-OH is 1. The maximum Gasteiger partial charge on any atom is 0.407 e. The largest absolute Gasteiger partial charge is 0.497 e. The molecule has 4 atom stereocenters. The highest BCUT2D eigenvalue weighted by molar-refractivity contribution is 7.89. The number of ether oxygens (including phenoxy) is 4. The number of hydrogen-bond acceptors (Lipinski definition) is 8. The van der Waals surface area contributed by atoms with Crippen molar-refractivity contribution in [1.29, 1.82) is 0 Å². The van der Waals surface area contributed by atoms with Gasteiger partial charge in [0.2, 0.25) is 10.0 Å². The lowest BCUT2D eigenvalue weighted by molar-refractivity contribution is -0.101. The van der Waals surface area contributed by atoms with E-state index in [-0.39, 0.29) is 23.5 Å². The van der Waals surface area contributed by atoms with Crippen molar-refractivity contribution in [2.45, 2.75) is 80.4 Å². The number of nitrogens with one attached hydrogen (secondary N) is 2. The van der Waals surface area contributed by atoms with Crippen molar-refractivity contribution < 1.29 is 37.3 Å². The number of alkyl carbamates (subject to hydrolysis) is 1. The molecule has 2 aromatic rings. The second kappa shape index (κ2) is 14.1. The van der Waals surface area contributed by atoms with Crippen LogP contribution in [0.1, 0.15) is 44.1 Å². The van der Waals surface area contributed by atoms with Gasteiger partial charge in [-0.1, -0.05) is 49.6 Å². The summed E-state index contributed by atoms with van der Waals surface area (Å²) < 4.78 is 51.4. The van der Waals surface area contributed by atoms with Gasteiger partial charge in [-0.3, -0.25) is 0 Å². The fraction of sp³-hybridized carbons (Fsp3) is 0.536. The molecule has 1 saturated carbocycles. The molecule has 0 radical (unpaired) electrons. The van der Waals surface area contributed by atoms with Gasteiger partial charge in [0.05, 0.1) is 37.4 Å². The molecule has 11 heteroatoms. The Morgan fingerprint density at radius 2 is 1.74 bits per heavy atom. The molecule has 1 amide bonds. The van der Waals surface area contributed by atoms with E-state index in [0.717, 1.165) is 37.7 Å². The van der Waals surface area contributed by atoms with Crippen molar-refractivity contribution >= 4 is 16.1 Å². The van der Waals surface area contributed by atoms with E-state index in [4.69, 9.17) is 18.9 Å². The van der Waals surface area contributed by atoms with Gasteiger partial charge in [-0.05, 0) is 49.1 Å². The number of aliphatic hydroxyl groups is 1. The molecule has 1 heterocycles. The van der Waals surface area contributed by atoms with Crippen molar-refractivity contribution in [3.63, 3.8) is 0 Å². The van der Waals surface area contributed by atoms with Crippen LogP contribution in [0.3, 0.4) is 0 Å². The number of amides is 1. The minimum atomic E-state index is -4.08. The Bertz CT molecular complexity index is 1130. The van der Waals surface area contributed by atoms with Crippen LogP contribution >= 0.6 is 0 Å². The number of rotatable bonds is 12. The maximum absolute atomic E-state index is 13.4. The molecule has 39 heavy (non-hydrogen) atoms. The van der Waals surface area contributed by atoms with Gasteiger partial charge in [0.15, 0.2) is 0 Å². The molecule has 3 N–H and O–H groups in total. The minimum Gasteiger partial charge on any atom is -0.497 e. The zero-order valence-electron chi connectivity index (χ0n) is 22.2. The Morgan fingerprint density at radius 3 is 2.38 bits per heavy atom. The van der Waals surface area contributed by atoms with Crippen LogP contribution < -0.4 is 14.8 Å². The molecule has 0 bridgehead atoms. The Labute approximate surface area is 230 Å². The Hall–Kier alpha value is -2.70. The summed E-state index contributed by atoms with van der Waals surface area (Å²) in [5.41, 5.74) is 0.848. The van der Waals surface area contributed by atoms with Crippen LogP contribution in [-0.4, -0.2) is 70.5 Å². The van der Waals surface area contributed by atoms with E-state index in [2.05, 4.69) is 10.0 Å². The lowest BCUT2D eigenvalue weighted by Gasteiger charge is -2.34. The molecule has 1 unspecified atom stereocenters. The van der Waals surface area contributed by atoms with E-state index < -0.39 is 34.5 Å². The molecular formula is C28H38N2O8S. The summed E-state index contributed by atoms with van der Waals surface area (Å²) >= 11 is 0. The van der Waals surface area contributed by atoms with Crippen molar-refractivity contribution in [3.05, 3.63) is 60.2 Å². The molecule has 214 valence electrons. The number of benzene rings is 2. The smallest absolute Gasteiger partial charge is 0.407 e. The second-order valence-corrected chi connectivity index (χ2v) is 11.6. The highest BCUT2D eigenvalue weighted by Gasteiger charge is 2.36. The van der Waals surface area contributed by atoms with Crippen molar-refractivity contribution in [2.24, 2.45) is 0 Å². The summed E-state index contributed by atoms with van der Waals surface area (Å²) in [7, 11) is -2.59. The number of carbonyl (C=O) groups excluding carboxylic acids is 1. The summed E-state index contributed by atoms with van der Waals surface area (Å²) in [5.74, 6) is 0.516. The van der Waals surface area contributed by atoms with Gasteiger partial charge in [-0.25, -0.2) is 13.2 Å². The van der Waals surface area contributed by atoms with Crippen molar-refractivity contribution in [3.8, 4) is 5.75 Å². The molecule has 2 fully saturated rings. The first-order valence-electron chi connectivity index (χ1n) is 13.4. The number of sulfonamides is 1. The van der Waals surface area contributed by atoms with Gasteiger partial charge in [0.25, 0.3) is 0 Å². The second-order valence-electron chi connectivity index (χ2n) is 9.94. The van der Waals surface area contributed by atoms with Gasteiger partial charge in [0, 0.05) is 6.42 Å². The minimum absolute atomic E-state index is 0.000885. The van der Waals surface area contributed by atoms with Gasteiger partial charge in [-0.2, -0.15) is 4.72 Å². The fourth-order valence-electron chi connectivity index (χ4n) is 4.84. The van der Waals surface area contributed by atoms with E-state index >= 15 is 0 Å². The van der Waals surface area contributed by atoms with Gasteiger partial charge in [-0.15, -0.1) is 0 Å². The lowest BCUT2D eigenvalue weighted by atomic mass is 9.97. The standard InChI is InChI=1S/C28H38N2O8S/c1-35-21-12-14-24(15-13-21)39(33,34)30-27(37-22-10-6-3-7-11-22)26(31)25(18-20-8-4-2-5-9-20)29-28(32)38-23-16-17-36-19-23/h2,4-5,8-9,12-15,22-23,25-27,30-31H,3,6-7,10-11,16-19H2,1H3,(H,29,32)/t23-,25-,26+,27?/m0/s1. The quantitative estimate of drug-likeness (QED) is 0.336. The molecule has 0 spiro atoms. The molecule has 1 aliphatic heterocycles. The molecule has 4 rings (SSSR count). The van der Waals surface area contributed by atoms with Crippen molar-refractivity contribution in [2.75, 3.05) is 20.3 Å². The average molecular weight is 563 g/mol. The third-order valence-corrected chi connectivity index (χ3v) is 8.45. The Morgan fingerprint density at radius 1 is 1.03 bits per heavy atom. The molecule has 10 nitrogen and oxygen atoms in total. The Kier molecular flexibility index (Phi) is 10.6. The van der Waals surface area contributed by atoms with Crippen LogP contribution in [0.2, 0.25) is 0 Å². The zero-order chi connectivity index (χ0) is 27.7. The van der Waals surface area contributed by atoms with Crippen LogP contribution in [0.4, 0.5) is 4.79 Å². The molecule has 1 aliphatic carbocycles. The summed E-state index contributed by atoms with van der Waals surface area (Å²) in [6.07, 6.45) is 1.29. The average Bonchev–Trinajstić information content (AvgIpc) is 3.46. The SMILES string of the molecule is COc1ccc(S(=O)(=O)NC(OC2CCCCC2)[C@H](O)[C@H](Cc2ccccc2)NC(=O)O[C@H]2CCOC2)cc1. The highest BCUT2D eigenvalue weighted by Crippen LogP contribution is 2.24. The number of carbonyl (C=O) groups is 1. The number of methoxy groups -OCH3 is 1. The van der Waals surface area contributed by atoms with Crippen LogP contribution in [-0.2, 0) is 30.7 Å². The normalized spacial score (nSPS) is 20.6. The Balaban J connectivity index is 1.57. The van der Waals surface area contributed by atoms with Gasteiger partial charge >= 0.3 is 6.09 Å². The molecule has 2 aromatic carbocycles. The van der Waals surface area contributed by atoms with Crippen LogP contribution in [0.5, 0.6) is 5.75 Å². The van der Waals surface area contributed by atoms with E-state index in [1.54, 1.807) is 12.1 Å². The first-order chi connectivity index (χ1) is 18.8. The summed E-state index contributed by atoms with van der Waals surface area (Å²) in [5, 5.41) is 14.3. The third-order valence-electron chi connectivity index (χ3n) is 7.02. The summed E-state index contributed by atoms with van der Waals surface area (Å²) in [6.45, 7) is 0.826. The fourth-order valence-corrected chi connectivity index (χ4v) is 5.97. The van der Waals surface area contributed by atoms with Gasteiger partial charge < -0.3 is 29.4 Å². The highest BCUT2D eigenvalue weighted by atomic mass is 32.2.